The van der Waals surface area contributed by atoms with Gasteiger partial charge in [-0.2, -0.15) is 0 Å². The molecule has 0 aliphatic carbocycles. The van der Waals surface area contributed by atoms with Crippen molar-refractivity contribution < 1.29 is 9.50 Å². The number of benzene rings is 1. The highest BCUT2D eigenvalue weighted by atomic mass is 19.1. The summed E-state index contributed by atoms with van der Waals surface area (Å²) in [6, 6.07) is 4.99. The predicted octanol–water partition coefficient (Wildman–Crippen LogP) is 1.05. The lowest BCUT2D eigenvalue weighted by Crippen LogP contribution is -2.36. The van der Waals surface area contributed by atoms with E-state index in [4.69, 9.17) is 5.11 Å². The Hall–Kier alpha value is -1.29. The number of β-amino-alcohol motifs (C(OH)–C–C–N with tert-alkyl or cyclic N) is 1. The van der Waals surface area contributed by atoms with Crippen LogP contribution in [0.15, 0.2) is 18.2 Å². The van der Waals surface area contributed by atoms with Crippen LogP contribution >= 0.6 is 0 Å². The fourth-order valence-corrected chi connectivity index (χ4v) is 1.74. The van der Waals surface area contributed by atoms with Crippen LogP contribution in [-0.4, -0.2) is 31.3 Å². The lowest BCUT2D eigenvalue weighted by atomic mass is 10.2. The molecular weight excluding hydrogens is 183 g/mol. The first-order valence-corrected chi connectivity index (χ1v) is 4.71. The molecule has 0 spiro atoms. The van der Waals surface area contributed by atoms with Crippen LogP contribution in [0, 0.1) is 5.82 Å². The molecular formula is C10H13FN2O. The second-order valence-corrected chi connectivity index (χ2v) is 3.27. The van der Waals surface area contributed by atoms with E-state index in [9.17, 15) is 4.39 Å². The van der Waals surface area contributed by atoms with E-state index in [1.54, 1.807) is 6.07 Å². The van der Waals surface area contributed by atoms with Gasteiger partial charge in [-0.15, -0.1) is 0 Å². The number of hydrogen-bond donors (Lipinski definition) is 2. The van der Waals surface area contributed by atoms with Crippen molar-refractivity contribution in [2.45, 2.75) is 0 Å². The van der Waals surface area contributed by atoms with Crippen LogP contribution < -0.4 is 10.2 Å². The van der Waals surface area contributed by atoms with Crippen molar-refractivity contribution >= 4 is 11.4 Å². The third-order valence-corrected chi connectivity index (χ3v) is 2.39. The summed E-state index contributed by atoms with van der Waals surface area (Å²) in [6.45, 7) is 2.17. The summed E-state index contributed by atoms with van der Waals surface area (Å²) in [5.74, 6) is -0.231. The molecule has 0 saturated heterocycles. The molecule has 0 saturated carbocycles. The standard InChI is InChI=1S/C10H13FN2O/c11-8-2-1-3-9-10(8)12-4-5-13(9)6-7-14/h1-3,12,14H,4-7H2. The highest BCUT2D eigenvalue weighted by molar-refractivity contribution is 5.72. The molecule has 4 heteroatoms. The molecule has 76 valence electrons. The number of hydrogen-bond acceptors (Lipinski definition) is 3. The Balaban J connectivity index is 2.34. The first-order chi connectivity index (χ1) is 6.83. The number of fused-ring (bicyclic) bond motifs is 1. The Morgan fingerprint density at radius 1 is 1.50 bits per heavy atom. The van der Waals surface area contributed by atoms with Crippen LogP contribution in [0.1, 0.15) is 0 Å². The van der Waals surface area contributed by atoms with Crippen LogP contribution in [0.4, 0.5) is 15.8 Å². The van der Waals surface area contributed by atoms with E-state index in [-0.39, 0.29) is 12.4 Å². The van der Waals surface area contributed by atoms with Gasteiger partial charge in [0.25, 0.3) is 0 Å². The molecule has 2 rings (SSSR count). The summed E-state index contributed by atoms with van der Waals surface area (Å²) in [7, 11) is 0. The van der Waals surface area contributed by atoms with Gasteiger partial charge >= 0.3 is 0 Å². The maximum Gasteiger partial charge on any atom is 0.148 e. The van der Waals surface area contributed by atoms with Gasteiger partial charge in [0.05, 0.1) is 18.0 Å². The van der Waals surface area contributed by atoms with E-state index in [0.29, 0.717) is 18.8 Å². The molecule has 0 fully saturated rings. The summed E-state index contributed by atoms with van der Waals surface area (Å²) in [6.07, 6.45) is 0. The summed E-state index contributed by atoms with van der Waals surface area (Å²) in [5.41, 5.74) is 1.39. The molecule has 0 unspecified atom stereocenters. The maximum atomic E-state index is 13.3. The molecule has 0 radical (unpaired) electrons. The van der Waals surface area contributed by atoms with Crippen LogP contribution in [0.3, 0.4) is 0 Å². The quantitative estimate of drug-likeness (QED) is 0.742. The second kappa shape index (κ2) is 3.84. The lowest BCUT2D eigenvalue weighted by molar-refractivity contribution is 0.302. The fourth-order valence-electron chi connectivity index (χ4n) is 1.74. The van der Waals surface area contributed by atoms with Crippen molar-refractivity contribution in [3.8, 4) is 0 Å². The minimum Gasteiger partial charge on any atom is -0.395 e. The largest absolute Gasteiger partial charge is 0.395 e. The molecule has 1 heterocycles. The number of halogens is 1. The number of aliphatic hydroxyl groups is 1. The number of nitrogens with zero attached hydrogens (tertiary/aromatic N) is 1. The number of anilines is 2. The van der Waals surface area contributed by atoms with Crippen molar-refractivity contribution in [3.63, 3.8) is 0 Å². The number of para-hydroxylation sites is 1. The van der Waals surface area contributed by atoms with Crippen molar-refractivity contribution in [3.05, 3.63) is 24.0 Å². The first-order valence-electron chi connectivity index (χ1n) is 4.71. The van der Waals surface area contributed by atoms with E-state index < -0.39 is 0 Å². The number of rotatable bonds is 2. The van der Waals surface area contributed by atoms with Gasteiger partial charge in [-0.3, -0.25) is 0 Å². The SMILES string of the molecule is OCCN1CCNc2c(F)cccc21. The zero-order valence-electron chi connectivity index (χ0n) is 7.83. The topological polar surface area (TPSA) is 35.5 Å². The predicted molar refractivity (Wildman–Crippen MR) is 54.2 cm³/mol. The average Bonchev–Trinajstić information content (AvgIpc) is 2.20. The zero-order chi connectivity index (χ0) is 9.97. The van der Waals surface area contributed by atoms with E-state index >= 15 is 0 Å². The molecule has 2 N–H and O–H groups in total. The van der Waals surface area contributed by atoms with Gasteiger partial charge in [-0.25, -0.2) is 4.39 Å². The van der Waals surface area contributed by atoms with Gasteiger partial charge in [0.2, 0.25) is 0 Å². The Labute approximate surface area is 82.2 Å². The van der Waals surface area contributed by atoms with Gasteiger partial charge in [0, 0.05) is 19.6 Å². The number of aliphatic hydroxyl groups excluding tert-OH is 1. The summed E-state index contributed by atoms with van der Waals surface area (Å²) >= 11 is 0. The second-order valence-electron chi connectivity index (χ2n) is 3.27. The Kier molecular flexibility index (Phi) is 2.54. The van der Waals surface area contributed by atoms with Crippen LogP contribution in [-0.2, 0) is 0 Å². The molecule has 1 aromatic rings. The molecule has 1 aromatic carbocycles. The van der Waals surface area contributed by atoms with E-state index in [2.05, 4.69) is 5.32 Å². The smallest absolute Gasteiger partial charge is 0.148 e. The van der Waals surface area contributed by atoms with Crippen LogP contribution in [0.2, 0.25) is 0 Å². The molecule has 3 nitrogen and oxygen atoms in total. The fraction of sp³-hybridized carbons (Fsp3) is 0.400. The van der Waals surface area contributed by atoms with Crippen LogP contribution in [0.5, 0.6) is 0 Å². The Morgan fingerprint density at radius 3 is 3.14 bits per heavy atom. The first kappa shape index (κ1) is 9.27. The summed E-state index contributed by atoms with van der Waals surface area (Å²) in [4.78, 5) is 1.98. The number of nitrogens with one attached hydrogen (secondary N) is 1. The highest BCUT2D eigenvalue weighted by Gasteiger charge is 2.18. The minimum absolute atomic E-state index is 0.0932. The van der Waals surface area contributed by atoms with Gasteiger partial charge < -0.3 is 15.3 Å². The lowest BCUT2D eigenvalue weighted by Gasteiger charge is -2.31. The highest BCUT2D eigenvalue weighted by Crippen LogP contribution is 2.30. The van der Waals surface area contributed by atoms with Gasteiger partial charge in [-0.05, 0) is 12.1 Å². The third kappa shape index (κ3) is 1.53. The zero-order valence-corrected chi connectivity index (χ0v) is 7.83. The molecule has 0 aromatic heterocycles. The molecule has 0 amide bonds. The third-order valence-electron chi connectivity index (χ3n) is 2.39. The normalized spacial score (nSPS) is 14.9. The van der Waals surface area contributed by atoms with Crippen molar-refractivity contribution in [2.24, 2.45) is 0 Å². The molecule has 1 aliphatic rings. The van der Waals surface area contributed by atoms with E-state index in [1.165, 1.54) is 6.07 Å². The Bertz CT molecular complexity index is 330. The van der Waals surface area contributed by atoms with Crippen LogP contribution in [0.25, 0.3) is 0 Å². The van der Waals surface area contributed by atoms with Gasteiger partial charge in [0.15, 0.2) is 0 Å². The van der Waals surface area contributed by atoms with E-state index in [1.807, 2.05) is 11.0 Å². The average molecular weight is 196 g/mol. The van der Waals surface area contributed by atoms with Crippen molar-refractivity contribution in [2.75, 3.05) is 36.5 Å². The molecule has 1 aliphatic heterocycles. The maximum absolute atomic E-state index is 13.3. The van der Waals surface area contributed by atoms with Gasteiger partial charge in [0.1, 0.15) is 5.82 Å². The van der Waals surface area contributed by atoms with Crippen molar-refractivity contribution in [1.29, 1.82) is 0 Å². The molecule has 14 heavy (non-hydrogen) atoms. The van der Waals surface area contributed by atoms with Crippen molar-refractivity contribution in [1.82, 2.24) is 0 Å². The molecule has 0 bridgehead atoms. The Morgan fingerprint density at radius 2 is 2.36 bits per heavy atom. The summed E-state index contributed by atoms with van der Waals surface area (Å²) < 4.78 is 13.3. The van der Waals surface area contributed by atoms with E-state index in [0.717, 1.165) is 12.2 Å². The monoisotopic (exact) mass is 196 g/mol. The van der Waals surface area contributed by atoms with Gasteiger partial charge in [-0.1, -0.05) is 6.07 Å². The summed E-state index contributed by atoms with van der Waals surface area (Å²) in [5, 5.41) is 11.9. The minimum atomic E-state index is -0.231. The molecule has 0 atom stereocenters.